The summed E-state index contributed by atoms with van der Waals surface area (Å²) in [6.45, 7) is 18.7. The number of hydrogen-bond donors (Lipinski definition) is 0. The van der Waals surface area contributed by atoms with Gasteiger partial charge in [0.1, 0.15) is 0 Å². The number of hydrogen-bond acceptors (Lipinski definition) is 0. The molecule has 0 nitrogen and oxygen atoms in total. The molecule has 0 aliphatic heterocycles. The largest absolute Gasteiger partial charge is 0.0625 e. The Morgan fingerprint density at radius 3 is 1.18 bits per heavy atom. The molecule has 0 N–H and O–H groups in total. The summed E-state index contributed by atoms with van der Waals surface area (Å²) in [6, 6.07) is 53.8. The Morgan fingerprint density at radius 2 is 0.786 bits per heavy atom. The van der Waals surface area contributed by atoms with Gasteiger partial charge in [-0.1, -0.05) is 189 Å². The van der Waals surface area contributed by atoms with E-state index in [9.17, 15) is 0 Å². The molecule has 0 saturated carbocycles. The van der Waals surface area contributed by atoms with Crippen LogP contribution in [0.15, 0.2) is 140 Å². The first-order chi connectivity index (χ1) is 26.9. The lowest BCUT2D eigenvalue weighted by atomic mass is 9.76. The molecule has 0 unspecified atom stereocenters. The van der Waals surface area contributed by atoms with E-state index in [4.69, 9.17) is 0 Å². The lowest BCUT2D eigenvalue weighted by molar-refractivity contribution is 0.591. The smallest absolute Gasteiger partial charge is 0.00143 e. The topological polar surface area (TPSA) is 0 Å². The van der Waals surface area contributed by atoms with Crippen LogP contribution in [0.1, 0.15) is 72.1 Å². The molecule has 56 heavy (non-hydrogen) atoms. The summed E-state index contributed by atoms with van der Waals surface area (Å²) in [7, 11) is 0. The molecular weight excluding hydrogens is 673 g/mol. The van der Waals surface area contributed by atoms with E-state index < -0.39 is 0 Å². The second kappa shape index (κ2) is 12.4. The SMILES string of the molecule is CC(C)Cc1c2ccccc2c(-c2cc(-c3c4ccccc4c(C(C)(C)C)c4ccccc34)c3ccc4cc(C(C)(C)C)cc5ccc2c3c54)c2ccccc12. The zero-order valence-corrected chi connectivity index (χ0v) is 34.1. The van der Waals surface area contributed by atoms with Gasteiger partial charge in [-0.2, -0.15) is 0 Å². The summed E-state index contributed by atoms with van der Waals surface area (Å²) in [5.74, 6) is 0.546. The fraction of sp³-hybridized carbons (Fsp3) is 0.214. The van der Waals surface area contributed by atoms with E-state index in [1.165, 1.54) is 114 Å². The third-order valence-electron chi connectivity index (χ3n) is 12.5. The molecule has 274 valence electrons. The lowest BCUT2D eigenvalue weighted by Crippen LogP contribution is -2.13. The van der Waals surface area contributed by atoms with Crippen molar-refractivity contribution in [2.45, 2.75) is 72.6 Å². The van der Waals surface area contributed by atoms with Gasteiger partial charge in [0.15, 0.2) is 0 Å². The number of rotatable bonds is 4. The molecule has 10 aromatic carbocycles. The van der Waals surface area contributed by atoms with Crippen LogP contribution in [0.5, 0.6) is 0 Å². The molecule has 0 heterocycles. The fourth-order valence-electron chi connectivity index (χ4n) is 10.1. The van der Waals surface area contributed by atoms with Crippen LogP contribution in [0.4, 0.5) is 0 Å². The summed E-state index contributed by atoms with van der Waals surface area (Å²) in [5.41, 5.74) is 9.51. The Labute approximate surface area is 331 Å². The highest BCUT2D eigenvalue weighted by molar-refractivity contribution is 6.32. The third kappa shape index (κ3) is 5.18. The Bertz CT molecular complexity index is 3060. The molecule has 10 rings (SSSR count). The van der Waals surface area contributed by atoms with Gasteiger partial charge in [-0.25, -0.2) is 0 Å². The Kier molecular flexibility index (Phi) is 7.69. The highest BCUT2D eigenvalue weighted by atomic mass is 14.3. The van der Waals surface area contributed by atoms with Crippen LogP contribution in [0, 0.1) is 5.92 Å². The molecular formula is C56H50. The van der Waals surface area contributed by atoms with Crippen LogP contribution in [0.2, 0.25) is 0 Å². The average Bonchev–Trinajstić information content (AvgIpc) is 3.18. The van der Waals surface area contributed by atoms with Crippen molar-refractivity contribution in [2.75, 3.05) is 0 Å². The van der Waals surface area contributed by atoms with Gasteiger partial charge in [0, 0.05) is 0 Å². The molecule has 0 aromatic heterocycles. The summed E-state index contributed by atoms with van der Waals surface area (Å²) >= 11 is 0. The van der Waals surface area contributed by atoms with Crippen LogP contribution < -0.4 is 0 Å². The van der Waals surface area contributed by atoms with Crippen LogP contribution in [0.3, 0.4) is 0 Å². The van der Waals surface area contributed by atoms with Crippen molar-refractivity contribution in [1.82, 2.24) is 0 Å². The average molecular weight is 723 g/mol. The molecule has 0 aliphatic rings. The maximum absolute atomic E-state index is 2.57. The first-order valence-corrected chi connectivity index (χ1v) is 20.5. The van der Waals surface area contributed by atoms with Crippen LogP contribution in [-0.2, 0) is 17.3 Å². The summed E-state index contributed by atoms with van der Waals surface area (Å²) < 4.78 is 0. The predicted octanol–water partition coefficient (Wildman–Crippen LogP) is 16.3. The van der Waals surface area contributed by atoms with Gasteiger partial charge in [-0.15, -0.1) is 0 Å². The van der Waals surface area contributed by atoms with Crippen LogP contribution >= 0.6 is 0 Å². The minimum absolute atomic E-state index is 0.0358. The second-order valence-electron chi connectivity index (χ2n) is 18.8. The van der Waals surface area contributed by atoms with Gasteiger partial charge in [0.25, 0.3) is 0 Å². The molecule has 0 atom stereocenters. The van der Waals surface area contributed by atoms with Crippen molar-refractivity contribution in [3.05, 3.63) is 156 Å². The molecule has 0 bridgehead atoms. The first kappa shape index (κ1) is 34.7. The first-order valence-electron chi connectivity index (χ1n) is 20.5. The second-order valence-corrected chi connectivity index (χ2v) is 18.8. The highest BCUT2D eigenvalue weighted by Crippen LogP contribution is 2.52. The van der Waals surface area contributed by atoms with E-state index in [2.05, 4.69) is 195 Å². The normalized spacial score (nSPS) is 12.9. The van der Waals surface area contributed by atoms with Crippen molar-refractivity contribution >= 4 is 75.4 Å². The fourth-order valence-corrected chi connectivity index (χ4v) is 10.1. The van der Waals surface area contributed by atoms with E-state index in [1.54, 1.807) is 0 Å². The maximum atomic E-state index is 2.57. The van der Waals surface area contributed by atoms with Gasteiger partial charge in [-0.05, 0) is 144 Å². The summed E-state index contributed by atoms with van der Waals surface area (Å²) in [6.07, 6.45) is 1.04. The van der Waals surface area contributed by atoms with Crippen molar-refractivity contribution < 1.29 is 0 Å². The zero-order chi connectivity index (χ0) is 38.7. The monoisotopic (exact) mass is 722 g/mol. The minimum Gasteiger partial charge on any atom is -0.0625 e. The summed E-state index contributed by atoms with van der Waals surface area (Å²) in [4.78, 5) is 0. The van der Waals surface area contributed by atoms with E-state index in [0.29, 0.717) is 5.92 Å². The number of benzene rings is 10. The maximum Gasteiger partial charge on any atom is -0.00143 e. The van der Waals surface area contributed by atoms with Crippen LogP contribution in [-0.4, -0.2) is 0 Å². The van der Waals surface area contributed by atoms with Gasteiger partial charge < -0.3 is 0 Å². The van der Waals surface area contributed by atoms with E-state index in [0.717, 1.165) is 6.42 Å². The summed E-state index contributed by atoms with van der Waals surface area (Å²) in [5, 5.41) is 18.7. The van der Waals surface area contributed by atoms with Gasteiger partial charge in [-0.3, -0.25) is 0 Å². The molecule has 0 radical (unpaired) electrons. The van der Waals surface area contributed by atoms with Crippen molar-refractivity contribution in [1.29, 1.82) is 0 Å². The molecule has 0 saturated heterocycles. The molecule has 10 aromatic rings. The molecule has 0 spiro atoms. The standard InChI is InChI=1S/C56H50/c1-33(2)29-47-37-17-9-11-19-39(37)51(40-20-12-10-18-38(40)47)48-32-49(44-28-26-35-31-36(55(3,4)5)30-34-25-27-43(48)53(44)50(34)35)52-41-21-13-15-23-45(41)54(56(6,7)8)46-24-16-14-22-42(46)52/h9-28,30-33H,29H2,1-8H3. The number of fused-ring (bicyclic) bond motifs is 4. The Balaban J connectivity index is 1.46. The van der Waals surface area contributed by atoms with Gasteiger partial charge >= 0.3 is 0 Å². The molecule has 0 fully saturated rings. The molecule has 0 heteroatoms. The Morgan fingerprint density at radius 1 is 0.393 bits per heavy atom. The van der Waals surface area contributed by atoms with Crippen molar-refractivity contribution in [2.24, 2.45) is 5.92 Å². The molecule has 0 amide bonds. The molecule has 0 aliphatic carbocycles. The highest BCUT2D eigenvalue weighted by Gasteiger charge is 2.27. The zero-order valence-electron chi connectivity index (χ0n) is 34.1. The minimum atomic E-state index is -0.0358. The predicted molar refractivity (Wildman–Crippen MR) is 247 cm³/mol. The van der Waals surface area contributed by atoms with E-state index in [1.807, 2.05) is 0 Å². The van der Waals surface area contributed by atoms with E-state index in [-0.39, 0.29) is 10.8 Å². The van der Waals surface area contributed by atoms with Gasteiger partial charge in [0.05, 0.1) is 0 Å². The van der Waals surface area contributed by atoms with Crippen molar-refractivity contribution in [3.8, 4) is 22.3 Å². The quantitative estimate of drug-likeness (QED) is 0.125. The van der Waals surface area contributed by atoms with Crippen LogP contribution in [0.25, 0.3) is 97.7 Å². The van der Waals surface area contributed by atoms with Crippen molar-refractivity contribution in [3.63, 3.8) is 0 Å². The van der Waals surface area contributed by atoms with Gasteiger partial charge in [0.2, 0.25) is 0 Å². The Hall–Kier alpha value is -5.72. The third-order valence-corrected chi connectivity index (χ3v) is 12.5. The lowest BCUT2D eigenvalue weighted by Gasteiger charge is -2.27. The van der Waals surface area contributed by atoms with E-state index >= 15 is 0 Å².